The van der Waals surface area contributed by atoms with Crippen molar-refractivity contribution in [3.8, 4) is 0 Å². The minimum atomic E-state index is -0.164. The molecule has 0 unspecified atom stereocenters. The summed E-state index contributed by atoms with van der Waals surface area (Å²) < 4.78 is 5.35. The van der Waals surface area contributed by atoms with E-state index in [9.17, 15) is 4.79 Å². The maximum absolute atomic E-state index is 12.3. The van der Waals surface area contributed by atoms with Crippen LogP contribution in [-0.2, 0) is 17.6 Å². The second-order valence-corrected chi connectivity index (χ2v) is 6.98. The normalized spacial score (nSPS) is 11.1. The van der Waals surface area contributed by atoms with E-state index in [0.717, 1.165) is 40.8 Å². The lowest BCUT2D eigenvalue weighted by atomic mass is 10.0. The number of nitrogens with one attached hydrogen (secondary N) is 1. The molecule has 0 saturated carbocycles. The fourth-order valence-electron chi connectivity index (χ4n) is 2.69. The highest BCUT2D eigenvalue weighted by atomic mass is 32.1. The molecule has 1 N–H and O–H groups in total. The minimum Gasteiger partial charge on any atom is -0.356 e. The predicted molar refractivity (Wildman–Crippen MR) is 94.3 cm³/mol. The zero-order valence-corrected chi connectivity index (χ0v) is 14.9. The fourth-order valence-corrected chi connectivity index (χ4v) is 3.49. The SMILES string of the molecule is CCCCc1nnc(NC(=O)Cc2noc3cc(C)cc(C)c23)s1. The van der Waals surface area contributed by atoms with E-state index in [-0.39, 0.29) is 12.3 Å². The van der Waals surface area contributed by atoms with Crippen LogP contribution in [0.2, 0.25) is 0 Å². The number of hydrogen-bond acceptors (Lipinski definition) is 6. The number of nitrogens with zero attached hydrogens (tertiary/aromatic N) is 3. The number of unbranched alkanes of at least 4 members (excludes halogenated alkanes) is 1. The minimum absolute atomic E-state index is 0.154. The van der Waals surface area contributed by atoms with Gasteiger partial charge in [0.25, 0.3) is 0 Å². The van der Waals surface area contributed by atoms with Gasteiger partial charge in [-0.15, -0.1) is 10.2 Å². The van der Waals surface area contributed by atoms with Crippen LogP contribution in [0.15, 0.2) is 16.7 Å². The maximum Gasteiger partial charge on any atom is 0.232 e. The third-order valence-electron chi connectivity index (χ3n) is 3.77. The van der Waals surface area contributed by atoms with E-state index in [1.165, 1.54) is 11.3 Å². The van der Waals surface area contributed by atoms with Crippen LogP contribution in [0.1, 0.15) is 41.6 Å². The van der Waals surface area contributed by atoms with Crippen LogP contribution in [0, 0.1) is 13.8 Å². The number of hydrogen-bond donors (Lipinski definition) is 1. The summed E-state index contributed by atoms with van der Waals surface area (Å²) in [4.78, 5) is 12.3. The van der Waals surface area contributed by atoms with E-state index in [2.05, 4.69) is 33.7 Å². The quantitative estimate of drug-likeness (QED) is 0.735. The highest BCUT2D eigenvalue weighted by Gasteiger charge is 2.16. The predicted octanol–water partition coefficient (Wildman–Crippen LogP) is 3.82. The molecule has 126 valence electrons. The van der Waals surface area contributed by atoms with Gasteiger partial charge < -0.3 is 9.84 Å². The van der Waals surface area contributed by atoms with Gasteiger partial charge in [-0.1, -0.05) is 35.9 Å². The number of carbonyl (C=O) groups is 1. The lowest BCUT2D eigenvalue weighted by Gasteiger charge is -2.01. The summed E-state index contributed by atoms with van der Waals surface area (Å²) in [5.74, 6) is -0.164. The average molecular weight is 344 g/mol. The second-order valence-electron chi connectivity index (χ2n) is 5.91. The number of rotatable bonds is 6. The van der Waals surface area contributed by atoms with E-state index in [1.807, 2.05) is 19.9 Å². The molecule has 24 heavy (non-hydrogen) atoms. The van der Waals surface area contributed by atoms with E-state index in [1.54, 1.807) is 0 Å². The number of amides is 1. The van der Waals surface area contributed by atoms with Crippen molar-refractivity contribution in [2.75, 3.05) is 5.32 Å². The van der Waals surface area contributed by atoms with Gasteiger partial charge >= 0.3 is 0 Å². The van der Waals surface area contributed by atoms with Gasteiger partial charge in [0.2, 0.25) is 11.0 Å². The molecule has 3 aromatic rings. The van der Waals surface area contributed by atoms with Crippen LogP contribution in [0.25, 0.3) is 11.0 Å². The van der Waals surface area contributed by atoms with E-state index in [4.69, 9.17) is 4.52 Å². The Labute approximate surface area is 144 Å². The third-order valence-corrected chi connectivity index (χ3v) is 4.67. The molecule has 2 aromatic heterocycles. The van der Waals surface area contributed by atoms with Gasteiger partial charge in [0, 0.05) is 11.8 Å². The molecule has 0 aliphatic heterocycles. The van der Waals surface area contributed by atoms with Crippen LogP contribution in [0.5, 0.6) is 0 Å². The van der Waals surface area contributed by atoms with Gasteiger partial charge in [0.1, 0.15) is 10.7 Å². The molecule has 1 aromatic carbocycles. The largest absolute Gasteiger partial charge is 0.356 e. The molecular weight excluding hydrogens is 324 g/mol. The number of anilines is 1. The first-order chi connectivity index (χ1) is 11.6. The Hall–Kier alpha value is -2.28. The monoisotopic (exact) mass is 344 g/mol. The van der Waals surface area contributed by atoms with Crippen molar-refractivity contribution in [1.29, 1.82) is 0 Å². The van der Waals surface area contributed by atoms with Gasteiger partial charge in [-0.2, -0.15) is 0 Å². The highest BCUT2D eigenvalue weighted by Crippen LogP contribution is 2.25. The average Bonchev–Trinajstić information content (AvgIpc) is 3.12. The second kappa shape index (κ2) is 7.09. The zero-order chi connectivity index (χ0) is 17.1. The fraction of sp³-hybridized carbons (Fsp3) is 0.412. The number of carbonyl (C=O) groups excluding carboxylic acids is 1. The molecule has 0 fully saturated rings. The third kappa shape index (κ3) is 3.62. The summed E-state index contributed by atoms with van der Waals surface area (Å²) in [5.41, 5.74) is 3.54. The van der Waals surface area contributed by atoms with Crippen LogP contribution in [-0.4, -0.2) is 21.3 Å². The Morgan fingerprint density at radius 2 is 2.12 bits per heavy atom. The standard InChI is InChI=1S/C17H20N4O2S/c1-4-5-6-15-19-20-17(24-15)18-14(22)9-12-16-11(3)7-10(2)8-13(16)23-21-12/h7-8H,4-6,9H2,1-3H3,(H,18,20,22). The molecule has 7 heteroatoms. The Balaban J connectivity index is 1.70. The number of aromatic nitrogens is 3. The van der Waals surface area contributed by atoms with Crippen LogP contribution >= 0.6 is 11.3 Å². The molecule has 1 amide bonds. The summed E-state index contributed by atoms with van der Waals surface area (Å²) in [6.45, 7) is 6.14. The van der Waals surface area contributed by atoms with Crippen molar-refractivity contribution in [1.82, 2.24) is 15.4 Å². The van der Waals surface area contributed by atoms with Crippen molar-refractivity contribution in [2.24, 2.45) is 0 Å². The van der Waals surface area contributed by atoms with Crippen molar-refractivity contribution in [3.63, 3.8) is 0 Å². The molecule has 0 spiro atoms. The topological polar surface area (TPSA) is 80.9 Å². The van der Waals surface area contributed by atoms with Crippen molar-refractivity contribution < 1.29 is 9.32 Å². The van der Waals surface area contributed by atoms with Gasteiger partial charge in [0.05, 0.1) is 6.42 Å². The number of benzene rings is 1. The Kier molecular flexibility index (Phi) is 4.89. The van der Waals surface area contributed by atoms with Gasteiger partial charge in [0.15, 0.2) is 5.58 Å². The number of aryl methyl sites for hydroxylation is 3. The van der Waals surface area contributed by atoms with Crippen LogP contribution < -0.4 is 5.32 Å². The van der Waals surface area contributed by atoms with Gasteiger partial charge in [-0.3, -0.25) is 4.79 Å². The first-order valence-electron chi connectivity index (χ1n) is 8.04. The summed E-state index contributed by atoms with van der Waals surface area (Å²) in [5, 5.41) is 17.4. The first kappa shape index (κ1) is 16.6. The Bertz CT molecular complexity index is 869. The molecule has 0 bridgehead atoms. The zero-order valence-electron chi connectivity index (χ0n) is 14.0. The lowest BCUT2D eigenvalue weighted by Crippen LogP contribution is -2.14. The lowest BCUT2D eigenvalue weighted by molar-refractivity contribution is -0.115. The number of fused-ring (bicyclic) bond motifs is 1. The van der Waals surface area contributed by atoms with E-state index >= 15 is 0 Å². The summed E-state index contributed by atoms with van der Waals surface area (Å²) in [6.07, 6.45) is 3.24. The van der Waals surface area contributed by atoms with Crippen molar-refractivity contribution >= 4 is 33.3 Å². The summed E-state index contributed by atoms with van der Waals surface area (Å²) in [6, 6.07) is 3.99. The van der Waals surface area contributed by atoms with Gasteiger partial charge in [-0.05, 0) is 37.5 Å². The van der Waals surface area contributed by atoms with Crippen molar-refractivity contribution in [3.05, 3.63) is 34.0 Å². The molecule has 0 radical (unpaired) electrons. The summed E-state index contributed by atoms with van der Waals surface area (Å²) >= 11 is 1.42. The Morgan fingerprint density at radius 3 is 2.92 bits per heavy atom. The van der Waals surface area contributed by atoms with E-state index < -0.39 is 0 Å². The van der Waals surface area contributed by atoms with Crippen LogP contribution in [0.3, 0.4) is 0 Å². The molecule has 6 nitrogen and oxygen atoms in total. The summed E-state index contributed by atoms with van der Waals surface area (Å²) in [7, 11) is 0. The molecule has 0 saturated heterocycles. The molecule has 0 aliphatic rings. The van der Waals surface area contributed by atoms with Crippen molar-refractivity contribution in [2.45, 2.75) is 46.5 Å². The smallest absolute Gasteiger partial charge is 0.232 e. The molecule has 3 rings (SSSR count). The van der Waals surface area contributed by atoms with Gasteiger partial charge in [-0.25, -0.2) is 0 Å². The molecule has 0 aliphatic carbocycles. The van der Waals surface area contributed by atoms with E-state index in [0.29, 0.717) is 16.4 Å². The molecular formula is C17H20N4O2S. The maximum atomic E-state index is 12.3. The highest BCUT2D eigenvalue weighted by molar-refractivity contribution is 7.15. The van der Waals surface area contributed by atoms with Crippen LogP contribution in [0.4, 0.5) is 5.13 Å². The Morgan fingerprint density at radius 1 is 1.29 bits per heavy atom. The first-order valence-corrected chi connectivity index (χ1v) is 8.86. The molecule has 2 heterocycles. The molecule has 0 atom stereocenters.